The first kappa shape index (κ1) is 19.6. The second-order valence-electron chi connectivity index (χ2n) is 7.41. The van der Waals surface area contributed by atoms with Crippen LogP contribution in [0.15, 0.2) is 33.5 Å². The number of aromatic hydroxyl groups is 1. The maximum absolute atomic E-state index is 13.2. The van der Waals surface area contributed by atoms with Crippen LogP contribution in [0.1, 0.15) is 17.5 Å². The predicted molar refractivity (Wildman–Crippen MR) is 100 cm³/mol. The standard InChI is InChI=1S/C19H16BrNO8/c20-8-2-1-5-3-6-11(15(25)10(5)14(8)24)16(26)19(29)7(13(6)23)4-9(22)12(17(19)27)18(21)28/h1-2,6-7,13,23-25,27,29H,3-4H2,(H2,21,28)/t6-,7-,13+,19+/m1/s1. The topological polar surface area (TPSA) is 178 Å². The summed E-state index contributed by atoms with van der Waals surface area (Å²) < 4.78 is 0.254. The number of carbonyl (C=O) groups excluding carboxylic acids is 3. The Bertz CT molecular complexity index is 1070. The van der Waals surface area contributed by atoms with Crippen LogP contribution in [0, 0.1) is 11.8 Å². The van der Waals surface area contributed by atoms with Crippen molar-refractivity contribution < 1.29 is 39.9 Å². The number of hydrogen-bond acceptors (Lipinski definition) is 8. The summed E-state index contributed by atoms with van der Waals surface area (Å²) in [4.78, 5) is 37.1. The number of nitrogens with two attached hydrogens (primary N) is 1. The normalized spacial score (nSPS) is 31.3. The number of Topliss-reactive ketones (excluding diaryl/α,β-unsaturated/α-hetero) is 2. The highest BCUT2D eigenvalue weighted by Crippen LogP contribution is 2.52. The highest BCUT2D eigenvalue weighted by atomic mass is 79.9. The molecule has 0 heterocycles. The molecule has 29 heavy (non-hydrogen) atoms. The number of aliphatic hydroxyl groups excluding tert-OH is 3. The average Bonchev–Trinajstić information content (AvgIpc) is 2.65. The van der Waals surface area contributed by atoms with E-state index in [1.54, 1.807) is 6.07 Å². The summed E-state index contributed by atoms with van der Waals surface area (Å²) in [6, 6.07) is 3.14. The van der Waals surface area contributed by atoms with Gasteiger partial charge >= 0.3 is 0 Å². The van der Waals surface area contributed by atoms with E-state index in [1.165, 1.54) is 6.07 Å². The molecule has 3 aliphatic rings. The molecule has 7 N–H and O–H groups in total. The molecule has 1 amide bonds. The summed E-state index contributed by atoms with van der Waals surface area (Å²) in [5.74, 6) is -8.03. The summed E-state index contributed by atoms with van der Waals surface area (Å²) in [6.07, 6.45) is -2.06. The highest BCUT2D eigenvalue weighted by Gasteiger charge is 2.63. The van der Waals surface area contributed by atoms with Gasteiger partial charge in [-0.1, -0.05) is 6.07 Å². The molecule has 1 aromatic rings. The van der Waals surface area contributed by atoms with Gasteiger partial charge in [0.15, 0.2) is 11.4 Å². The zero-order valence-electron chi connectivity index (χ0n) is 14.7. The minimum absolute atomic E-state index is 0.0381. The molecule has 0 bridgehead atoms. The van der Waals surface area contributed by atoms with Crippen LogP contribution in [0.25, 0.3) is 5.76 Å². The number of rotatable bonds is 1. The Balaban J connectivity index is 1.99. The fourth-order valence-electron chi connectivity index (χ4n) is 4.59. The van der Waals surface area contributed by atoms with Crippen LogP contribution in [0.4, 0.5) is 0 Å². The number of phenols is 1. The molecule has 9 nitrogen and oxygen atoms in total. The van der Waals surface area contributed by atoms with Crippen molar-refractivity contribution >= 4 is 39.2 Å². The monoisotopic (exact) mass is 465 g/mol. The molecule has 0 spiro atoms. The van der Waals surface area contributed by atoms with Gasteiger partial charge in [0.1, 0.15) is 22.8 Å². The van der Waals surface area contributed by atoms with Crippen molar-refractivity contribution in [2.24, 2.45) is 17.6 Å². The maximum atomic E-state index is 13.2. The molecule has 0 saturated heterocycles. The average molecular weight is 466 g/mol. The first-order valence-corrected chi connectivity index (χ1v) is 9.46. The van der Waals surface area contributed by atoms with Crippen molar-refractivity contribution in [2.45, 2.75) is 24.5 Å². The third kappa shape index (κ3) is 2.36. The van der Waals surface area contributed by atoms with Gasteiger partial charge in [0, 0.05) is 23.8 Å². The van der Waals surface area contributed by atoms with Crippen LogP contribution in [-0.4, -0.2) is 54.7 Å². The fraction of sp³-hybridized carbons (Fsp3) is 0.316. The molecule has 0 aromatic heterocycles. The van der Waals surface area contributed by atoms with Gasteiger partial charge in [-0.15, -0.1) is 0 Å². The second-order valence-corrected chi connectivity index (χ2v) is 8.27. The van der Waals surface area contributed by atoms with Crippen LogP contribution in [0.5, 0.6) is 5.75 Å². The van der Waals surface area contributed by atoms with E-state index >= 15 is 0 Å². The van der Waals surface area contributed by atoms with Crippen LogP contribution >= 0.6 is 15.9 Å². The molecule has 0 unspecified atom stereocenters. The number of fused-ring (bicyclic) bond motifs is 3. The summed E-state index contributed by atoms with van der Waals surface area (Å²) in [6.45, 7) is 0. The molecule has 0 radical (unpaired) electrons. The van der Waals surface area contributed by atoms with E-state index in [0.717, 1.165) is 0 Å². The van der Waals surface area contributed by atoms with Gasteiger partial charge in [-0.05, 0) is 34.0 Å². The van der Waals surface area contributed by atoms with Crippen molar-refractivity contribution in [1.29, 1.82) is 0 Å². The van der Waals surface area contributed by atoms with Gasteiger partial charge in [0.2, 0.25) is 5.78 Å². The predicted octanol–water partition coefficient (Wildman–Crippen LogP) is 0.157. The molecule has 1 aromatic carbocycles. The Morgan fingerprint density at radius 2 is 1.83 bits per heavy atom. The molecule has 1 saturated carbocycles. The van der Waals surface area contributed by atoms with Crippen molar-refractivity contribution in [1.82, 2.24) is 0 Å². The minimum atomic E-state index is -2.81. The van der Waals surface area contributed by atoms with Crippen molar-refractivity contribution in [3.8, 4) is 5.75 Å². The van der Waals surface area contributed by atoms with Gasteiger partial charge in [0.25, 0.3) is 5.91 Å². The smallest absolute Gasteiger partial charge is 0.255 e. The summed E-state index contributed by atoms with van der Waals surface area (Å²) in [7, 11) is 0. The Labute approximate surface area is 171 Å². The molecule has 0 aliphatic heterocycles. The molecule has 152 valence electrons. The zero-order chi connectivity index (χ0) is 21.4. The van der Waals surface area contributed by atoms with E-state index in [1.807, 2.05) is 0 Å². The van der Waals surface area contributed by atoms with Crippen LogP contribution in [-0.2, 0) is 20.8 Å². The number of hydrogen-bond donors (Lipinski definition) is 6. The molecule has 3 aliphatic carbocycles. The lowest BCUT2D eigenvalue weighted by molar-refractivity contribution is -0.159. The van der Waals surface area contributed by atoms with E-state index in [2.05, 4.69) is 15.9 Å². The van der Waals surface area contributed by atoms with Gasteiger partial charge in [-0.3, -0.25) is 14.4 Å². The van der Waals surface area contributed by atoms with Crippen molar-refractivity contribution in [3.63, 3.8) is 0 Å². The molecule has 4 rings (SSSR count). The van der Waals surface area contributed by atoms with Crippen LogP contribution in [0.3, 0.4) is 0 Å². The summed E-state index contributed by atoms with van der Waals surface area (Å²) in [5.41, 5.74) is 1.39. The van der Waals surface area contributed by atoms with Crippen molar-refractivity contribution in [3.05, 3.63) is 44.6 Å². The number of carbonyl (C=O) groups is 3. The zero-order valence-corrected chi connectivity index (χ0v) is 16.3. The van der Waals surface area contributed by atoms with Crippen molar-refractivity contribution in [2.75, 3.05) is 0 Å². The molecular weight excluding hydrogens is 450 g/mol. The van der Waals surface area contributed by atoms with Gasteiger partial charge in [0.05, 0.1) is 16.1 Å². The number of phenolic OH excluding ortho intramolecular Hbond substituents is 1. The summed E-state index contributed by atoms with van der Waals surface area (Å²) >= 11 is 3.12. The highest BCUT2D eigenvalue weighted by molar-refractivity contribution is 9.10. The van der Waals surface area contributed by atoms with E-state index in [4.69, 9.17) is 5.73 Å². The Hall–Kier alpha value is -2.69. The third-order valence-corrected chi connectivity index (χ3v) is 6.64. The number of halogens is 1. The van der Waals surface area contributed by atoms with E-state index in [9.17, 15) is 39.9 Å². The summed E-state index contributed by atoms with van der Waals surface area (Å²) in [5, 5.41) is 53.5. The number of ketones is 2. The number of amides is 1. The van der Waals surface area contributed by atoms with Gasteiger partial charge in [-0.2, -0.15) is 0 Å². The lowest BCUT2D eigenvalue weighted by Crippen LogP contribution is -2.63. The van der Waals surface area contributed by atoms with E-state index < -0.39 is 70.1 Å². The van der Waals surface area contributed by atoms with Crippen LogP contribution in [0.2, 0.25) is 0 Å². The second kappa shape index (κ2) is 6.15. The quantitative estimate of drug-likeness (QED) is 0.317. The molecule has 1 fully saturated rings. The maximum Gasteiger partial charge on any atom is 0.255 e. The first-order chi connectivity index (χ1) is 13.5. The molecular formula is C19H16BrNO8. The lowest BCUT2D eigenvalue weighted by Gasteiger charge is -2.48. The van der Waals surface area contributed by atoms with E-state index in [0.29, 0.717) is 5.56 Å². The molecule has 4 atom stereocenters. The molecule has 10 heteroatoms. The minimum Gasteiger partial charge on any atom is -0.508 e. The van der Waals surface area contributed by atoms with Gasteiger partial charge < -0.3 is 31.3 Å². The van der Waals surface area contributed by atoms with Crippen LogP contribution < -0.4 is 5.73 Å². The number of benzene rings is 1. The Morgan fingerprint density at radius 1 is 1.17 bits per heavy atom. The largest absolute Gasteiger partial charge is 0.508 e. The first-order valence-electron chi connectivity index (χ1n) is 8.67. The lowest BCUT2D eigenvalue weighted by atomic mass is 9.58. The van der Waals surface area contributed by atoms with Gasteiger partial charge in [-0.25, -0.2) is 0 Å². The fourth-order valence-corrected chi connectivity index (χ4v) is 4.92. The number of aliphatic hydroxyl groups is 4. The Morgan fingerprint density at radius 3 is 2.45 bits per heavy atom. The third-order valence-electron chi connectivity index (χ3n) is 6.00. The number of primary amides is 1. The SMILES string of the molecule is NC(=O)C1=C(O)[C@@]2(O)C(=O)C3=C(O)c4c(ccc(Br)c4O)C[C@H]3[C@H](O)[C@H]2CC1=O. The van der Waals surface area contributed by atoms with E-state index in [-0.39, 0.29) is 22.2 Å². The Kier molecular flexibility index (Phi) is 4.16.